The second kappa shape index (κ2) is 7.13. The first kappa shape index (κ1) is 17.7. The second-order valence-corrected chi connectivity index (χ2v) is 7.41. The molecule has 0 saturated carbocycles. The summed E-state index contributed by atoms with van der Waals surface area (Å²) in [6.45, 7) is 0. The number of carbonyl (C=O) groups is 1. The maximum atomic E-state index is 13.2. The molecule has 4 rings (SSSR count). The zero-order chi connectivity index (χ0) is 19.0. The second-order valence-electron chi connectivity index (χ2n) is 5.80. The molecule has 3 aromatic rings. The molecular weight excluding hydrogens is 391 g/mol. The molecule has 0 unspecified atom stereocenters. The van der Waals surface area contributed by atoms with Crippen molar-refractivity contribution < 1.29 is 14.3 Å². The van der Waals surface area contributed by atoms with Crippen LogP contribution in [0.1, 0.15) is 12.0 Å². The number of aromatic nitrogens is 3. The van der Waals surface area contributed by atoms with Gasteiger partial charge in [0.2, 0.25) is 5.16 Å². The molecule has 9 heteroatoms. The lowest BCUT2D eigenvalue weighted by atomic mass is 10.1. The van der Waals surface area contributed by atoms with E-state index in [1.165, 1.54) is 28.6 Å². The normalized spacial score (nSPS) is 15.9. The molecule has 0 saturated heterocycles. The highest BCUT2D eigenvalue weighted by Gasteiger charge is 2.29. The zero-order valence-electron chi connectivity index (χ0n) is 13.7. The van der Waals surface area contributed by atoms with Crippen LogP contribution in [0.15, 0.2) is 58.8 Å². The monoisotopic (exact) mass is 401 g/mol. The third-order valence-corrected chi connectivity index (χ3v) is 5.36. The number of fused-ring (bicyclic) bond motifs is 1. The number of carboxylic acid groups (broad SMARTS) is 1. The molecule has 0 spiro atoms. The summed E-state index contributed by atoms with van der Waals surface area (Å²) in [5.74, 6) is -1.09. The SMILES string of the molecule is O=C([O-])C[C@H]1Sc2nnc(-c3ccc(F)cc3)n2N=C1c1ccc(Cl)cc1. The summed E-state index contributed by atoms with van der Waals surface area (Å²) in [6, 6.07) is 12.8. The minimum atomic E-state index is -1.18. The molecule has 2 aromatic carbocycles. The number of aliphatic carboxylic acids is 1. The number of hydrogen-bond acceptors (Lipinski definition) is 6. The predicted octanol–water partition coefficient (Wildman–Crippen LogP) is 2.60. The Balaban J connectivity index is 1.81. The number of carboxylic acids is 1. The van der Waals surface area contributed by atoms with Crippen molar-refractivity contribution in [1.82, 2.24) is 14.9 Å². The number of carbonyl (C=O) groups excluding carboxylic acids is 1. The van der Waals surface area contributed by atoms with E-state index in [0.29, 0.717) is 27.3 Å². The number of benzene rings is 2. The van der Waals surface area contributed by atoms with Gasteiger partial charge in [-0.1, -0.05) is 35.5 Å². The van der Waals surface area contributed by atoms with Crippen LogP contribution in [0.5, 0.6) is 0 Å². The Labute approximate surface area is 162 Å². The first-order valence-corrected chi connectivity index (χ1v) is 9.19. The van der Waals surface area contributed by atoms with Gasteiger partial charge in [-0.15, -0.1) is 10.2 Å². The van der Waals surface area contributed by atoms with Gasteiger partial charge < -0.3 is 9.90 Å². The van der Waals surface area contributed by atoms with E-state index in [9.17, 15) is 14.3 Å². The molecule has 136 valence electrons. The molecule has 6 nitrogen and oxygen atoms in total. The summed E-state index contributed by atoms with van der Waals surface area (Å²) in [5.41, 5.74) is 1.94. The quantitative estimate of drug-likeness (QED) is 0.671. The minimum Gasteiger partial charge on any atom is -0.550 e. The Hall–Kier alpha value is -2.71. The molecular formula is C18H11ClFN4O2S-. The highest BCUT2D eigenvalue weighted by Crippen LogP contribution is 2.34. The van der Waals surface area contributed by atoms with Gasteiger partial charge in [0, 0.05) is 23.0 Å². The zero-order valence-corrected chi connectivity index (χ0v) is 15.2. The van der Waals surface area contributed by atoms with Gasteiger partial charge in [-0.2, -0.15) is 9.78 Å². The van der Waals surface area contributed by atoms with Crippen molar-refractivity contribution in [1.29, 1.82) is 0 Å². The molecule has 1 atom stereocenters. The Bertz CT molecular complexity index is 1030. The molecule has 0 bridgehead atoms. The van der Waals surface area contributed by atoms with Crippen molar-refractivity contribution in [3.63, 3.8) is 0 Å². The highest BCUT2D eigenvalue weighted by atomic mass is 35.5. The van der Waals surface area contributed by atoms with E-state index in [0.717, 1.165) is 5.56 Å². The predicted molar refractivity (Wildman–Crippen MR) is 98.1 cm³/mol. The fourth-order valence-corrected chi connectivity index (χ4v) is 3.93. The fourth-order valence-electron chi connectivity index (χ4n) is 2.72. The lowest BCUT2D eigenvalue weighted by molar-refractivity contribution is -0.305. The van der Waals surface area contributed by atoms with Crippen LogP contribution in [-0.4, -0.2) is 31.8 Å². The Kier molecular flexibility index (Phi) is 4.67. The van der Waals surface area contributed by atoms with Crippen molar-refractivity contribution >= 4 is 35.0 Å². The summed E-state index contributed by atoms with van der Waals surface area (Å²) in [5, 5.41) is 24.6. The van der Waals surface area contributed by atoms with Crippen LogP contribution in [0.3, 0.4) is 0 Å². The Morgan fingerprint density at radius 2 is 1.78 bits per heavy atom. The average molecular weight is 402 g/mol. The first-order valence-electron chi connectivity index (χ1n) is 7.94. The van der Waals surface area contributed by atoms with E-state index in [1.807, 2.05) is 0 Å². The maximum Gasteiger partial charge on any atom is 0.213 e. The topological polar surface area (TPSA) is 83.2 Å². The van der Waals surface area contributed by atoms with Gasteiger partial charge in [0.05, 0.1) is 11.0 Å². The van der Waals surface area contributed by atoms with Crippen molar-refractivity contribution in [2.24, 2.45) is 5.10 Å². The number of rotatable bonds is 4. The first-order chi connectivity index (χ1) is 13.0. The minimum absolute atomic E-state index is 0.217. The van der Waals surface area contributed by atoms with E-state index < -0.39 is 11.2 Å². The van der Waals surface area contributed by atoms with Crippen LogP contribution in [0, 0.1) is 5.82 Å². The van der Waals surface area contributed by atoms with Crippen LogP contribution in [0.25, 0.3) is 11.4 Å². The number of halogens is 2. The Morgan fingerprint density at radius 1 is 1.11 bits per heavy atom. The van der Waals surface area contributed by atoms with Crippen LogP contribution < -0.4 is 5.11 Å². The van der Waals surface area contributed by atoms with E-state index >= 15 is 0 Å². The number of thioether (sulfide) groups is 1. The lowest BCUT2D eigenvalue weighted by Crippen LogP contribution is -2.32. The fraction of sp³-hybridized carbons (Fsp3) is 0.111. The average Bonchev–Trinajstić information content (AvgIpc) is 3.05. The maximum absolute atomic E-state index is 13.2. The van der Waals surface area contributed by atoms with Gasteiger partial charge in [0.1, 0.15) is 5.82 Å². The standard InChI is InChI=1S/C18H12ClFN4O2S/c19-12-5-1-10(2-6-12)16-14(9-15(25)26)27-18-22-21-17(24(18)23-16)11-3-7-13(20)8-4-11/h1-8,14H,9H2,(H,25,26)/p-1/t14-/m1/s1. The third kappa shape index (κ3) is 3.58. The lowest BCUT2D eigenvalue weighted by Gasteiger charge is -2.23. The summed E-state index contributed by atoms with van der Waals surface area (Å²) in [6.07, 6.45) is -0.217. The van der Waals surface area contributed by atoms with Gasteiger partial charge in [-0.05, 0) is 42.0 Å². The van der Waals surface area contributed by atoms with Gasteiger partial charge in [-0.25, -0.2) is 4.39 Å². The molecule has 0 aliphatic carbocycles. The Morgan fingerprint density at radius 3 is 2.44 bits per heavy atom. The molecule has 0 radical (unpaired) electrons. The van der Waals surface area contributed by atoms with E-state index in [2.05, 4.69) is 15.3 Å². The van der Waals surface area contributed by atoms with Crippen molar-refractivity contribution in [2.45, 2.75) is 16.8 Å². The van der Waals surface area contributed by atoms with Gasteiger partial charge >= 0.3 is 0 Å². The summed E-state index contributed by atoms with van der Waals surface area (Å²) >= 11 is 7.19. The molecule has 0 amide bonds. The molecule has 0 fully saturated rings. The van der Waals surface area contributed by atoms with Crippen LogP contribution in [0.4, 0.5) is 4.39 Å². The van der Waals surface area contributed by atoms with E-state index in [-0.39, 0.29) is 12.2 Å². The third-order valence-electron chi connectivity index (χ3n) is 3.97. The van der Waals surface area contributed by atoms with E-state index in [4.69, 9.17) is 11.6 Å². The van der Waals surface area contributed by atoms with Crippen molar-refractivity contribution in [2.75, 3.05) is 0 Å². The molecule has 27 heavy (non-hydrogen) atoms. The van der Waals surface area contributed by atoms with Gasteiger partial charge in [0.15, 0.2) is 5.82 Å². The summed E-state index contributed by atoms with van der Waals surface area (Å²) in [4.78, 5) is 11.2. The van der Waals surface area contributed by atoms with Crippen LogP contribution in [-0.2, 0) is 4.79 Å². The molecule has 1 aromatic heterocycles. The molecule has 1 aliphatic heterocycles. The van der Waals surface area contributed by atoms with Crippen molar-refractivity contribution in [3.05, 3.63) is 64.9 Å². The van der Waals surface area contributed by atoms with Crippen LogP contribution in [0.2, 0.25) is 5.02 Å². The van der Waals surface area contributed by atoms with Crippen LogP contribution >= 0.6 is 23.4 Å². The largest absolute Gasteiger partial charge is 0.550 e. The van der Waals surface area contributed by atoms with E-state index in [1.54, 1.807) is 36.4 Å². The van der Waals surface area contributed by atoms with Gasteiger partial charge in [0.25, 0.3) is 0 Å². The highest BCUT2D eigenvalue weighted by molar-refractivity contribution is 8.00. The summed E-state index contributed by atoms with van der Waals surface area (Å²) < 4.78 is 14.7. The number of hydrogen-bond donors (Lipinski definition) is 0. The summed E-state index contributed by atoms with van der Waals surface area (Å²) in [7, 11) is 0. The molecule has 1 aliphatic rings. The molecule has 0 N–H and O–H groups in total. The van der Waals surface area contributed by atoms with Crippen molar-refractivity contribution in [3.8, 4) is 11.4 Å². The van der Waals surface area contributed by atoms with Gasteiger partial charge in [-0.3, -0.25) is 0 Å². The molecule has 2 heterocycles. The smallest absolute Gasteiger partial charge is 0.213 e. The number of nitrogens with zero attached hydrogens (tertiary/aromatic N) is 4.